The van der Waals surface area contributed by atoms with Crippen LogP contribution in [0.2, 0.25) is 5.02 Å². The fourth-order valence-corrected chi connectivity index (χ4v) is 4.06. The third-order valence-corrected chi connectivity index (χ3v) is 5.83. The highest BCUT2D eigenvalue weighted by atomic mass is 79.9. The lowest BCUT2D eigenvalue weighted by Crippen LogP contribution is -2.20. The molecule has 3 aromatic carbocycles. The summed E-state index contributed by atoms with van der Waals surface area (Å²) < 4.78 is 13.2. The van der Waals surface area contributed by atoms with Crippen molar-refractivity contribution in [2.24, 2.45) is 5.10 Å². The Balaban J connectivity index is 1.72. The summed E-state index contributed by atoms with van der Waals surface area (Å²) in [6, 6.07) is 17.5. The number of benzene rings is 3. The topological polar surface area (TPSA) is 89.9 Å². The number of phenols is 1. The van der Waals surface area contributed by atoms with E-state index in [1.54, 1.807) is 24.3 Å². The van der Waals surface area contributed by atoms with Gasteiger partial charge < -0.3 is 14.3 Å². The number of hydrogen-bond donors (Lipinski definition) is 1. The van der Waals surface area contributed by atoms with Crippen molar-refractivity contribution in [1.29, 1.82) is 0 Å². The molecule has 0 aliphatic carbocycles. The number of hydrogen-bond acceptors (Lipinski definition) is 6. The molecule has 5 aromatic rings. The van der Waals surface area contributed by atoms with Gasteiger partial charge in [-0.1, -0.05) is 39.7 Å². The van der Waals surface area contributed by atoms with Gasteiger partial charge in [-0.25, -0.2) is 4.98 Å². The highest BCUT2D eigenvalue weighted by Gasteiger charge is 2.17. The van der Waals surface area contributed by atoms with Crippen LogP contribution in [0.25, 0.3) is 33.5 Å². The summed E-state index contributed by atoms with van der Waals surface area (Å²) in [5.41, 5.74) is 1.35. The monoisotopic (exact) mass is 523 g/mol. The molecule has 1 N–H and O–H groups in total. The van der Waals surface area contributed by atoms with Crippen molar-refractivity contribution in [3.05, 3.63) is 86.1 Å². The average Bonchev–Trinajstić information content (AvgIpc) is 3.23. The second kappa shape index (κ2) is 8.38. The van der Waals surface area contributed by atoms with E-state index in [1.807, 2.05) is 30.3 Å². The molecular formula is C24H15BrClN3O4. The Morgan fingerprint density at radius 2 is 2.00 bits per heavy atom. The lowest BCUT2D eigenvalue weighted by Gasteiger charge is -2.08. The third kappa shape index (κ3) is 3.88. The lowest BCUT2D eigenvalue weighted by atomic mass is 10.2. The van der Waals surface area contributed by atoms with Gasteiger partial charge in [-0.05, 0) is 54.1 Å². The lowest BCUT2D eigenvalue weighted by molar-refractivity contribution is 0.373. The quantitative estimate of drug-likeness (QED) is 0.299. The van der Waals surface area contributed by atoms with E-state index in [4.69, 9.17) is 20.8 Å². The molecule has 0 atom stereocenters. The molecule has 5 rings (SSSR count). The minimum absolute atomic E-state index is 0.0999. The second-order valence-corrected chi connectivity index (χ2v) is 8.48. The molecule has 0 amide bonds. The number of para-hydroxylation sites is 1. The van der Waals surface area contributed by atoms with E-state index in [0.29, 0.717) is 27.8 Å². The zero-order valence-corrected chi connectivity index (χ0v) is 19.5. The minimum atomic E-state index is -0.356. The normalized spacial score (nSPS) is 11.6. The van der Waals surface area contributed by atoms with Crippen LogP contribution in [0.5, 0.6) is 11.5 Å². The summed E-state index contributed by atoms with van der Waals surface area (Å²) in [7, 11) is 1.42. The van der Waals surface area contributed by atoms with E-state index < -0.39 is 0 Å². The van der Waals surface area contributed by atoms with Crippen molar-refractivity contribution in [2.45, 2.75) is 0 Å². The first-order valence-electron chi connectivity index (χ1n) is 9.77. The van der Waals surface area contributed by atoms with Gasteiger partial charge in [0.15, 0.2) is 17.3 Å². The number of rotatable bonds is 4. The molecule has 164 valence electrons. The molecule has 0 bridgehead atoms. The first-order valence-corrected chi connectivity index (χ1v) is 10.9. The second-order valence-electron chi connectivity index (χ2n) is 7.16. The summed E-state index contributed by atoms with van der Waals surface area (Å²) in [6.07, 6.45) is 1.44. The zero-order chi connectivity index (χ0) is 23.1. The van der Waals surface area contributed by atoms with Crippen LogP contribution < -0.4 is 10.3 Å². The summed E-state index contributed by atoms with van der Waals surface area (Å²) in [6.45, 7) is 0. The molecule has 2 heterocycles. The van der Waals surface area contributed by atoms with Gasteiger partial charge in [0.05, 0.1) is 29.2 Å². The number of methoxy groups -OCH3 is 1. The molecule has 0 aliphatic rings. The Morgan fingerprint density at radius 3 is 2.82 bits per heavy atom. The van der Waals surface area contributed by atoms with E-state index in [0.717, 1.165) is 9.86 Å². The minimum Gasteiger partial charge on any atom is -0.503 e. The average molecular weight is 525 g/mol. The molecule has 0 spiro atoms. The Bertz CT molecular complexity index is 1620. The van der Waals surface area contributed by atoms with E-state index in [1.165, 1.54) is 24.1 Å². The number of aromatic hydroxyl groups is 1. The molecule has 0 unspecified atom stereocenters. The maximum atomic E-state index is 13.3. The maximum absolute atomic E-state index is 13.3. The predicted octanol–water partition coefficient (Wildman–Crippen LogP) is 5.82. The SMILES string of the molecule is COc1cc(C=Nn2c(-c3cc4cc(Br)ccc4o3)nc3ccccc3c2=O)cc(Cl)c1O. The summed E-state index contributed by atoms with van der Waals surface area (Å²) >= 11 is 9.54. The Kier molecular flexibility index (Phi) is 5.39. The zero-order valence-electron chi connectivity index (χ0n) is 17.1. The van der Waals surface area contributed by atoms with Gasteiger partial charge in [-0.3, -0.25) is 4.79 Å². The van der Waals surface area contributed by atoms with Gasteiger partial charge in [-0.15, -0.1) is 0 Å². The van der Waals surface area contributed by atoms with Gasteiger partial charge in [0.2, 0.25) is 5.82 Å². The van der Waals surface area contributed by atoms with Crippen LogP contribution >= 0.6 is 27.5 Å². The van der Waals surface area contributed by atoms with E-state index in [9.17, 15) is 9.90 Å². The summed E-state index contributed by atoms with van der Waals surface area (Å²) in [4.78, 5) is 18.0. The van der Waals surface area contributed by atoms with Crippen molar-refractivity contribution in [1.82, 2.24) is 9.66 Å². The predicted molar refractivity (Wildman–Crippen MR) is 132 cm³/mol. The first kappa shape index (κ1) is 21.2. The Labute approximate surface area is 200 Å². The molecule has 0 saturated heterocycles. The van der Waals surface area contributed by atoms with Crippen molar-refractivity contribution < 1.29 is 14.3 Å². The van der Waals surface area contributed by atoms with Gasteiger partial charge >= 0.3 is 0 Å². The number of aromatic nitrogens is 2. The number of phenolic OH excluding ortho intramolecular Hbond substituents is 1. The van der Waals surface area contributed by atoms with Crippen LogP contribution in [0.4, 0.5) is 0 Å². The van der Waals surface area contributed by atoms with Crippen LogP contribution in [0.3, 0.4) is 0 Å². The number of furan rings is 1. The summed E-state index contributed by atoms with van der Waals surface area (Å²) in [5.74, 6) is 0.662. The highest BCUT2D eigenvalue weighted by molar-refractivity contribution is 9.10. The van der Waals surface area contributed by atoms with E-state index in [2.05, 4.69) is 26.0 Å². The van der Waals surface area contributed by atoms with Crippen molar-refractivity contribution >= 4 is 55.6 Å². The molecule has 0 radical (unpaired) electrons. The number of fused-ring (bicyclic) bond motifs is 2. The third-order valence-electron chi connectivity index (χ3n) is 5.05. The fourth-order valence-electron chi connectivity index (χ4n) is 3.46. The smallest absolute Gasteiger partial charge is 0.282 e. The van der Waals surface area contributed by atoms with E-state index >= 15 is 0 Å². The molecule has 33 heavy (non-hydrogen) atoms. The molecule has 7 nitrogen and oxygen atoms in total. The van der Waals surface area contributed by atoms with Crippen LogP contribution in [0, 0.1) is 0 Å². The molecule has 0 aliphatic heterocycles. The maximum Gasteiger partial charge on any atom is 0.282 e. The molecule has 2 aromatic heterocycles. The number of ether oxygens (including phenoxy) is 1. The standard InChI is InChI=1S/C24H15BrClN3O4/c1-32-20-9-13(8-17(26)22(20)30)12-27-29-23(28-18-5-3-2-4-16(18)24(29)31)21-11-14-10-15(25)6-7-19(14)33-21/h2-12,30H,1H3. The van der Waals surface area contributed by atoms with E-state index in [-0.39, 0.29) is 27.9 Å². The van der Waals surface area contributed by atoms with Crippen LogP contribution in [0.15, 0.2) is 79.4 Å². The molecule has 0 saturated carbocycles. The van der Waals surface area contributed by atoms with Gasteiger partial charge in [0, 0.05) is 9.86 Å². The Hall–Kier alpha value is -3.62. The largest absolute Gasteiger partial charge is 0.503 e. The first-order chi connectivity index (χ1) is 15.9. The highest BCUT2D eigenvalue weighted by Crippen LogP contribution is 2.34. The molecular weight excluding hydrogens is 510 g/mol. The van der Waals surface area contributed by atoms with Gasteiger partial charge in [0.1, 0.15) is 5.58 Å². The fraction of sp³-hybridized carbons (Fsp3) is 0.0417. The van der Waals surface area contributed by atoms with Crippen LogP contribution in [0.1, 0.15) is 5.56 Å². The van der Waals surface area contributed by atoms with Crippen LogP contribution in [-0.2, 0) is 0 Å². The summed E-state index contributed by atoms with van der Waals surface area (Å²) in [5, 5.41) is 15.7. The molecule has 9 heteroatoms. The Morgan fingerprint density at radius 1 is 1.18 bits per heavy atom. The van der Waals surface area contributed by atoms with Crippen molar-refractivity contribution in [3.8, 4) is 23.1 Å². The molecule has 0 fully saturated rings. The van der Waals surface area contributed by atoms with Gasteiger partial charge in [0.25, 0.3) is 5.56 Å². The van der Waals surface area contributed by atoms with Crippen LogP contribution in [-0.4, -0.2) is 28.1 Å². The number of nitrogens with zero attached hydrogens (tertiary/aromatic N) is 3. The van der Waals surface area contributed by atoms with Crippen molar-refractivity contribution in [2.75, 3.05) is 7.11 Å². The number of halogens is 2. The van der Waals surface area contributed by atoms with Crippen molar-refractivity contribution in [3.63, 3.8) is 0 Å². The van der Waals surface area contributed by atoms with Gasteiger partial charge in [-0.2, -0.15) is 9.78 Å².